The molecule has 3 heteroatoms. The van der Waals surface area contributed by atoms with Gasteiger partial charge in [-0.25, -0.2) is 0 Å². The summed E-state index contributed by atoms with van der Waals surface area (Å²) in [5.74, 6) is -0.276. The molecule has 0 fully saturated rings. The minimum Gasteiger partial charge on any atom is -0.503 e. The van der Waals surface area contributed by atoms with Gasteiger partial charge in [0.2, 0.25) is 5.43 Å². The molecule has 0 saturated heterocycles. The van der Waals surface area contributed by atoms with Gasteiger partial charge in [0.15, 0.2) is 5.75 Å². The van der Waals surface area contributed by atoms with Gasteiger partial charge in [-0.05, 0) is 6.92 Å². The predicted octanol–water partition coefficient (Wildman–Crippen LogP) is -0.790. The van der Waals surface area contributed by atoms with Crippen molar-refractivity contribution in [3.63, 3.8) is 0 Å². The number of pyridine rings is 1. The molecule has 0 radical (unpaired) electrons. The highest BCUT2D eigenvalue weighted by Gasteiger charge is 2.00. The van der Waals surface area contributed by atoms with Gasteiger partial charge in [-0.2, -0.15) is 0 Å². The highest BCUT2D eigenvalue weighted by atomic mass is 16.3. The summed E-state index contributed by atoms with van der Waals surface area (Å²) in [5.41, 5.74) is -0.0290. The minimum absolute atomic E-state index is 0.216. The van der Waals surface area contributed by atoms with Crippen LogP contribution in [0, 0.1) is 6.92 Å². The number of hydrogen-bond acceptors (Lipinski definition) is 2. The maximum atomic E-state index is 11.0. The topological polar surface area (TPSA) is 53.1 Å². The summed E-state index contributed by atoms with van der Waals surface area (Å²) >= 11 is 0. The van der Waals surface area contributed by atoms with E-state index in [4.69, 9.17) is 5.11 Å². The molecule has 3 nitrogen and oxygen atoms in total. The fraction of sp³-hybridized carbons (Fsp3) is 0.125. The first kappa shape index (κ1) is 7.60. The van der Waals surface area contributed by atoms with Crippen LogP contribution in [0.2, 0.25) is 0 Å². The molecule has 1 heterocycles. The third-order valence-electron chi connectivity index (χ3n) is 1.55. The Hall–Kier alpha value is -1.51. The van der Waals surface area contributed by atoms with Crippen molar-refractivity contribution in [3.8, 4) is 5.75 Å². The number of aryl methyl sites for hydroxylation is 1. The molecule has 0 spiro atoms. The summed E-state index contributed by atoms with van der Waals surface area (Å²) in [4.78, 5) is 13.8. The van der Waals surface area contributed by atoms with E-state index >= 15 is 0 Å². The van der Waals surface area contributed by atoms with Crippen LogP contribution in [0.15, 0.2) is 4.79 Å². The zero-order chi connectivity index (χ0) is 8.59. The van der Waals surface area contributed by atoms with E-state index in [1.807, 2.05) is 0 Å². The Bertz CT molecular complexity index is 431. The first-order valence-electron chi connectivity index (χ1n) is 3.13. The number of rotatable bonds is 0. The van der Waals surface area contributed by atoms with Gasteiger partial charge in [-0.15, -0.1) is 0 Å². The lowest BCUT2D eigenvalue weighted by molar-refractivity contribution is 0.461. The van der Waals surface area contributed by atoms with Crippen LogP contribution in [-0.2, 0) is 0 Å². The number of H-pyrrole nitrogens is 1. The number of aromatic nitrogens is 1. The zero-order valence-corrected chi connectivity index (χ0v) is 6.27. The van der Waals surface area contributed by atoms with Crippen molar-refractivity contribution in [2.45, 2.75) is 6.92 Å². The van der Waals surface area contributed by atoms with E-state index in [9.17, 15) is 4.79 Å². The van der Waals surface area contributed by atoms with E-state index in [0.717, 1.165) is 0 Å². The van der Waals surface area contributed by atoms with Gasteiger partial charge in [0.25, 0.3) is 0 Å². The van der Waals surface area contributed by atoms with Gasteiger partial charge in [0.05, 0.1) is 5.69 Å². The molecule has 1 aromatic heterocycles. The summed E-state index contributed by atoms with van der Waals surface area (Å²) in [7, 11) is 0. The Kier molecular flexibility index (Phi) is 1.57. The van der Waals surface area contributed by atoms with Crippen molar-refractivity contribution in [2.75, 3.05) is 0 Å². The molecule has 0 saturated carbocycles. The lowest BCUT2D eigenvalue weighted by Gasteiger charge is -1.96. The molecule has 1 aromatic rings. The summed E-state index contributed by atoms with van der Waals surface area (Å²) in [5, 5.41) is 9.77. The number of aromatic amines is 1. The maximum Gasteiger partial charge on any atom is 0.230 e. The number of nitrogens with one attached hydrogen (secondary N) is 1. The molecule has 0 aliphatic heterocycles. The molecule has 1 rings (SSSR count). The van der Waals surface area contributed by atoms with E-state index in [2.05, 4.69) is 18.1 Å². The highest BCUT2D eigenvalue weighted by Crippen LogP contribution is 1.99. The average molecular weight is 151 g/mol. The molecule has 0 aliphatic carbocycles. The molecule has 0 aliphatic rings. The van der Waals surface area contributed by atoms with Gasteiger partial charge in [0, 0.05) is 10.6 Å². The second kappa shape index (κ2) is 2.27. The average Bonchev–Trinajstić information content (AvgIpc) is 1.97. The Morgan fingerprint density at radius 3 is 2.55 bits per heavy atom. The molecule has 58 valence electrons. The molecule has 11 heavy (non-hydrogen) atoms. The van der Waals surface area contributed by atoms with Crippen LogP contribution in [-0.4, -0.2) is 10.1 Å². The Morgan fingerprint density at radius 1 is 1.45 bits per heavy atom. The molecule has 0 unspecified atom stereocenters. The lowest BCUT2D eigenvalue weighted by Crippen LogP contribution is -2.39. The minimum atomic E-state index is -0.453. The van der Waals surface area contributed by atoms with Crippen LogP contribution < -0.4 is 16.0 Å². The largest absolute Gasteiger partial charge is 0.503 e. The molecular formula is C8H9NO2. The normalized spacial score (nSPS) is 9.91. The van der Waals surface area contributed by atoms with Crippen LogP contribution in [0.1, 0.15) is 5.69 Å². The second-order valence-corrected chi connectivity index (χ2v) is 2.38. The van der Waals surface area contributed by atoms with E-state index in [0.29, 0.717) is 11.0 Å². The van der Waals surface area contributed by atoms with E-state index in [1.165, 1.54) is 0 Å². The second-order valence-electron chi connectivity index (χ2n) is 2.38. The van der Waals surface area contributed by atoms with E-state index < -0.39 is 5.43 Å². The van der Waals surface area contributed by atoms with Crippen LogP contribution in [0.3, 0.4) is 0 Å². The van der Waals surface area contributed by atoms with Crippen molar-refractivity contribution < 1.29 is 5.11 Å². The summed E-state index contributed by atoms with van der Waals surface area (Å²) < 4.78 is 0. The van der Waals surface area contributed by atoms with Crippen molar-refractivity contribution in [3.05, 3.63) is 26.5 Å². The lowest BCUT2D eigenvalue weighted by atomic mass is 10.3. The summed E-state index contributed by atoms with van der Waals surface area (Å²) in [6.07, 6.45) is 0. The standard InChI is InChI=1S/C8H9NO2/c1-4-5(2)9-6(3)8(11)7(4)10/h9,11H,1-2H2,3H3. The Labute approximate surface area is 63.3 Å². The molecule has 2 N–H and O–H groups in total. The van der Waals surface area contributed by atoms with Crippen LogP contribution in [0.5, 0.6) is 5.75 Å². The molecule has 0 amide bonds. The smallest absolute Gasteiger partial charge is 0.230 e. The zero-order valence-electron chi connectivity index (χ0n) is 6.27. The fourth-order valence-corrected chi connectivity index (χ4v) is 0.811. The quantitative estimate of drug-likeness (QED) is 0.510. The predicted molar refractivity (Wildman–Crippen MR) is 43.8 cm³/mol. The summed E-state index contributed by atoms with van der Waals surface area (Å²) in [6, 6.07) is 0. The molecular weight excluding hydrogens is 142 g/mol. The van der Waals surface area contributed by atoms with Crippen LogP contribution in [0.25, 0.3) is 13.2 Å². The summed E-state index contributed by atoms with van der Waals surface area (Å²) in [6.45, 7) is 8.61. The van der Waals surface area contributed by atoms with Crippen molar-refractivity contribution in [1.29, 1.82) is 0 Å². The van der Waals surface area contributed by atoms with Gasteiger partial charge < -0.3 is 10.1 Å². The number of aromatic hydroxyl groups is 1. The Balaban J connectivity index is 3.89. The first-order chi connectivity index (χ1) is 5.04. The molecule has 0 aromatic carbocycles. The highest BCUT2D eigenvalue weighted by molar-refractivity contribution is 5.27. The Morgan fingerprint density at radius 2 is 2.00 bits per heavy atom. The van der Waals surface area contributed by atoms with Gasteiger partial charge in [-0.3, -0.25) is 4.79 Å². The molecule has 0 bridgehead atoms. The van der Waals surface area contributed by atoms with Gasteiger partial charge >= 0.3 is 0 Å². The maximum absolute atomic E-state index is 11.0. The third kappa shape index (κ3) is 1.05. The first-order valence-corrected chi connectivity index (χ1v) is 3.13. The number of hydrogen-bond donors (Lipinski definition) is 2. The van der Waals surface area contributed by atoms with Crippen molar-refractivity contribution in [1.82, 2.24) is 4.98 Å². The van der Waals surface area contributed by atoms with Crippen molar-refractivity contribution >= 4 is 13.2 Å². The van der Waals surface area contributed by atoms with Crippen molar-refractivity contribution in [2.24, 2.45) is 0 Å². The third-order valence-corrected chi connectivity index (χ3v) is 1.55. The van der Waals surface area contributed by atoms with Gasteiger partial charge in [0.1, 0.15) is 0 Å². The SMILES string of the molecule is C=c1[nH]c(C)c(O)c(=O)c1=C. The van der Waals surface area contributed by atoms with Gasteiger partial charge in [-0.1, -0.05) is 13.2 Å². The van der Waals surface area contributed by atoms with Crippen LogP contribution >= 0.6 is 0 Å². The molecule has 0 atom stereocenters. The fourth-order valence-electron chi connectivity index (χ4n) is 0.811. The van der Waals surface area contributed by atoms with Crippen LogP contribution in [0.4, 0.5) is 0 Å². The van der Waals surface area contributed by atoms with E-state index in [-0.39, 0.29) is 11.0 Å². The van der Waals surface area contributed by atoms with E-state index in [1.54, 1.807) is 6.92 Å². The monoisotopic (exact) mass is 151 g/mol.